The van der Waals surface area contributed by atoms with Gasteiger partial charge in [0.2, 0.25) is 0 Å². The van der Waals surface area contributed by atoms with Crippen molar-refractivity contribution in [2.75, 3.05) is 13.2 Å². The molecule has 1 heterocycles. The smallest absolute Gasteiger partial charge is 0.263 e. The van der Waals surface area contributed by atoms with Crippen LogP contribution in [0.4, 0.5) is 8.78 Å². The third-order valence-electron chi connectivity index (χ3n) is 3.61. The lowest BCUT2D eigenvalue weighted by atomic mass is 9.74. The summed E-state index contributed by atoms with van der Waals surface area (Å²) in [6, 6.07) is 7.78. The van der Waals surface area contributed by atoms with E-state index in [1.54, 1.807) is 6.07 Å². The number of nitrogens with zero attached hydrogens (tertiary/aromatic N) is 1. The van der Waals surface area contributed by atoms with Crippen molar-refractivity contribution in [3.05, 3.63) is 35.4 Å². The predicted octanol–water partition coefficient (Wildman–Crippen LogP) is 2.98. The van der Waals surface area contributed by atoms with E-state index in [1.807, 2.05) is 0 Å². The third-order valence-corrected chi connectivity index (χ3v) is 3.61. The highest BCUT2D eigenvalue weighted by Gasteiger charge is 2.40. The number of aliphatic hydroxyl groups is 1. The molecule has 102 valence electrons. The molecule has 0 radical (unpaired) electrons. The van der Waals surface area contributed by atoms with Crippen LogP contribution in [0.1, 0.15) is 36.5 Å². The van der Waals surface area contributed by atoms with Gasteiger partial charge < -0.3 is 9.84 Å². The molecule has 3 nitrogen and oxygen atoms in total. The van der Waals surface area contributed by atoms with Crippen LogP contribution in [0.15, 0.2) is 24.3 Å². The van der Waals surface area contributed by atoms with E-state index in [0.29, 0.717) is 31.6 Å². The highest BCUT2D eigenvalue weighted by molar-refractivity contribution is 5.29. The molecule has 19 heavy (non-hydrogen) atoms. The van der Waals surface area contributed by atoms with Crippen LogP contribution in [0.5, 0.6) is 0 Å². The Balaban J connectivity index is 2.29. The van der Waals surface area contributed by atoms with Crippen LogP contribution >= 0.6 is 0 Å². The minimum atomic E-state index is -2.58. The summed E-state index contributed by atoms with van der Waals surface area (Å²) in [6.45, 7) is 0.804. The molecular formula is C14H15F2NO2. The van der Waals surface area contributed by atoms with Gasteiger partial charge in [-0.05, 0) is 24.5 Å². The van der Waals surface area contributed by atoms with Gasteiger partial charge in [0.15, 0.2) is 0 Å². The van der Waals surface area contributed by atoms with E-state index in [2.05, 4.69) is 6.07 Å². The second-order valence-corrected chi connectivity index (χ2v) is 4.75. The van der Waals surface area contributed by atoms with Crippen molar-refractivity contribution >= 4 is 0 Å². The van der Waals surface area contributed by atoms with Crippen molar-refractivity contribution in [1.82, 2.24) is 0 Å². The molecule has 1 atom stereocenters. The Bertz CT molecular complexity index is 479. The highest BCUT2D eigenvalue weighted by atomic mass is 19.3. The molecular weight excluding hydrogens is 252 g/mol. The van der Waals surface area contributed by atoms with Crippen molar-refractivity contribution in [1.29, 1.82) is 5.26 Å². The van der Waals surface area contributed by atoms with Gasteiger partial charge in [0.1, 0.15) is 0 Å². The highest BCUT2D eigenvalue weighted by Crippen LogP contribution is 2.42. The molecule has 1 saturated heterocycles. The minimum Gasteiger partial charge on any atom is -0.387 e. The maximum Gasteiger partial charge on any atom is 0.263 e. The number of halogens is 2. The summed E-state index contributed by atoms with van der Waals surface area (Å²) in [4.78, 5) is 0. The summed E-state index contributed by atoms with van der Waals surface area (Å²) in [5.74, 6) is 0. The molecule has 5 heteroatoms. The zero-order valence-electron chi connectivity index (χ0n) is 10.4. The molecule has 1 fully saturated rings. The second-order valence-electron chi connectivity index (χ2n) is 4.75. The van der Waals surface area contributed by atoms with Crippen LogP contribution < -0.4 is 0 Å². The van der Waals surface area contributed by atoms with E-state index in [4.69, 9.17) is 4.74 Å². The number of benzene rings is 1. The van der Waals surface area contributed by atoms with Crippen LogP contribution in [0.2, 0.25) is 0 Å². The van der Waals surface area contributed by atoms with Crippen LogP contribution in [0.25, 0.3) is 0 Å². The topological polar surface area (TPSA) is 53.2 Å². The molecule has 0 spiro atoms. The van der Waals surface area contributed by atoms with Gasteiger partial charge in [-0.2, -0.15) is 5.26 Å². The van der Waals surface area contributed by atoms with E-state index >= 15 is 0 Å². The Morgan fingerprint density at radius 2 is 1.89 bits per heavy atom. The largest absolute Gasteiger partial charge is 0.387 e. The maximum absolute atomic E-state index is 12.7. The van der Waals surface area contributed by atoms with Crippen molar-refractivity contribution < 1.29 is 18.6 Å². The first-order valence-corrected chi connectivity index (χ1v) is 6.14. The normalized spacial score (nSPS) is 19.9. The molecule has 0 amide bonds. The first kappa shape index (κ1) is 13.9. The number of alkyl halides is 2. The Morgan fingerprint density at radius 3 is 2.47 bits per heavy atom. The average Bonchev–Trinajstić information content (AvgIpc) is 2.47. The van der Waals surface area contributed by atoms with E-state index in [-0.39, 0.29) is 5.56 Å². The van der Waals surface area contributed by atoms with E-state index in [1.165, 1.54) is 18.2 Å². The van der Waals surface area contributed by atoms with E-state index in [9.17, 15) is 19.1 Å². The molecule has 1 N–H and O–H groups in total. The van der Waals surface area contributed by atoms with Gasteiger partial charge in [-0.3, -0.25) is 0 Å². The third kappa shape index (κ3) is 2.75. The van der Waals surface area contributed by atoms with Gasteiger partial charge in [-0.15, -0.1) is 0 Å². The molecule has 1 aliphatic heterocycles. The summed E-state index contributed by atoms with van der Waals surface area (Å²) in [5.41, 5.74) is -0.725. The molecule has 0 bridgehead atoms. The quantitative estimate of drug-likeness (QED) is 0.916. The molecule has 1 unspecified atom stereocenters. The Hall–Kier alpha value is -1.51. The fourth-order valence-electron chi connectivity index (χ4n) is 2.37. The average molecular weight is 267 g/mol. The monoisotopic (exact) mass is 267 g/mol. The lowest BCUT2D eigenvalue weighted by Crippen LogP contribution is -2.34. The Kier molecular flexibility index (Phi) is 4.13. The fourth-order valence-corrected chi connectivity index (χ4v) is 2.37. The number of ether oxygens (including phenoxy) is 1. The molecule has 0 aromatic heterocycles. The van der Waals surface area contributed by atoms with Gasteiger partial charge in [0.25, 0.3) is 6.43 Å². The number of nitriles is 1. The second kappa shape index (κ2) is 5.64. The van der Waals surface area contributed by atoms with Crippen LogP contribution in [0.3, 0.4) is 0 Å². The van der Waals surface area contributed by atoms with Crippen LogP contribution in [-0.4, -0.2) is 18.3 Å². The van der Waals surface area contributed by atoms with Crippen molar-refractivity contribution in [3.63, 3.8) is 0 Å². The Labute approximate surface area is 110 Å². The van der Waals surface area contributed by atoms with Crippen molar-refractivity contribution in [2.24, 2.45) is 5.41 Å². The zero-order chi connectivity index (χ0) is 13.9. The molecule has 1 aromatic carbocycles. The van der Waals surface area contributed by atoms with Gasteiger partial charge in [-0.25, -0.2) is 8.78 Å². The van der Waals surface area contributed by atoms with Crippen molar-refractivity contribution in [2.45, 2.75) is 25.4 Å². The Morgan fingerprint density at radius 1 is 1.26 bits per heavy atom. The van der Waals surface area contributed by atoms with Gasteiger partial charge in [0.05, 0.1) is 17.6 Å². The molecule has 2 rings (SSSR count). The minimum absolute atomic E-state index is 0.142. The summed E-state index contributed by atoms with van der Waals surface area (Å²) in [6.07, 6.45) is -2.84. The van der Waals surface area contributed by atoms with Crippen LogP contribution in [0, 0.1) is 16.7 Å². The summed E-state index contributed by atoms with van der Waals surface area (Å²) < 4.78 is 30.5. The molecule has 0 aliphatic carbocycles. The van der Waals surface area contributed by atoms with E-state index in [0.717, 1.165) is 0 Å². The number of aliphatic hydroxyl groups excluding tert-OH is 1. The summed E-state index contributed by atoms with van der Waals surface area (Å²) in [7, 11) is 0. The number of rotatable bonds is 3. The van der Waals surface area contributed by atoms with Gasteiger partial charge >= 0.3 is 0 Å². The summed E-state index contributed by atoms with van der Waals surface area (Å²) >= 11 is 0. The van der Waals surface area contributed by atoms with Gasteiger partial charge in [-0.1, -0.05) is 18.2 Å². The van der Waals surface area contributed by atoms with Crippen LogP contribution in [-0.2, 0) is 4.74 Å². The first-order chi connectivity index (χ1) is 9.09. The number of hydrogen-bond donors (Lipinski definition) is 1. The first-order valence-electron chi connectivity index (χ1n) is 6.14. The number of hydrogen-bond acceptors (Lipinski definition) is 3. The van der Waals surface area contributed by atoms with Crippen molar-refractivity contribution in [3.8, 4) is 6.07 Å². The maximum atomic E-state index is 12.7. The zero-order valence-corrected chi connectivity index (χ0v) is 10.4. The van der Waals surface area contributed by atoms with E-state index < -0.39 is 17.9 Å². The molecule has 1 aromatic rings. The van der Waals surface area contributed by atoms with Gasteiger partial charge in [0, 0.05) is 18.8 Å². The molecule has 1 aliphatic rings. The lowest BCUT2D eigenvalue weighted by Gasteiger charge is -2.35. The predicted molar refractivity (Wildman–Crippen MR) is 64.5 cm³/mol. The lowest BCUT2D eigenvalue weighted by molar-refractivity contribution is -0.0311. The summed E-state index contributed by atoms with van der Waals surface area (Å²) in [5, 5.41) is 19.7. The fraction of sp³-hybridized carbons (Fsp3) is 0.500. The SMILES string of the molecule is N#CC1(C(O)c2cccc(C(F)F)c2)CCOCC1. The standard InChI is InChI=1S/C14H15F2NO2/c15-13(16)11-3-1-2-10(8-11)12(18)14(9-17)4-6-19-7-5-14/h1-3,8,12-13,18H,4-7H2. The molecule has 0 saturated carbocycles.